The van der Waals surface area contributed by atoms with Crippen LogP contribution in [0.2, 0.25) is 5.02 Å². The summed E-state index contributed by atoms with van der Waals surface area (Å²) in [4.78, 5) is 0. The standard InChI is InChI=1S/C7H4Cl2N2O2S/c8-4-1-2-5-6(3-4)10-11-7(5)14(9,12)13/h1-3H,(H,10,11). The molecule has 4 nitrogen and oxygen atoms in total. The van der Waals surface area contributed by atoms with Crippen LogP contribution < -0.4 is 0 Å². The summed E-state index contributed by atoms with van der Waals surface area (Å²) in [6, 6.07) is 4.71. The van der Waals surface area contributed by atoms with Crippen LogP contribution in [0.4, 0.5) is 0 Å². The molecule has 2 rings (SSSR count). The zero-order valence-electron chi connectivity index (χ0n) is 6.66. The van der Waals surface area contributed by atoms with Crippen molar-refractivity contribution in [1.82, 2.24) is 10.2 Å². The number of aromatic nitrogens is 2. The number of nitrogens with zero attached hydrogens (tertiary/aromatic N) is 1. The Kier molecular flexibility index (Phi) is 2.17. The molecule has 14 heavy (non-hydrogen) atoms. The number of hydrogen-bond donors (Lipinski definition) is 1. The van der Waals surface area contributed by atoms with E-state index in [1.807, 2.05) is 0 Å². The van der Waals surface area contributed by atoms with Crippen molar-refractivity contribution in [2.24, 2.45) is 0 Å². The van der Waals surface area contributed by atoms with Gasteiger partial charge in [0.05, 0.1) is 5.52 Å². The van der Waals surface area contributed by atoms with Gasteiger partial charge >= 0.3 is 0 Å². The van der Waals surface area contributed by atoms with Gasteiger partial charge in [-0.2, -0.15) is 5.10 Å². The van der Waals surface area contributed by atoms with E-state index < -0.39 is 9.05 Å². The highest BCUT2D eigenvalue weighted by molar-refractivity contribution is 8.13. The molecule has 0 bridgehead atoms. The topological polar surface area (TPSA) is 62.8 Å². The molecular weight excluding hydrogens is 247 g/mol. The lowest BCUT2D eigenvalue weighted by atomic mass is 10.3. The summed E-state index contributed by atoms with van der Waals surface area (Å²) in [6.45, 7) is 0. The minimum absolute atomic E-state index is 0.175. The number of fused-ring (bicyclic) bond motifs is 1. The first kappa shape index (κ1) is 9.76. The van der Waals surface area contributed by atoms with Gasteiger partial charge in [-0.25, -0.2) is 8.42 Å². The second kappa shape index (κ2) is 3.12. The molecule has 0 amide bonds. The molecule has 0 saturated heterocycles. The maximum absolute atomic E-state index is 11.0. The van der Waals surface area contributed by atoms with E-state index in [1.165, 1.54) is 0 Å². The van der Waals surface area contributed by atoms with E-state index in [2.05, 4.69) is 10.2 Å². The fourth-order valence-corrected chi connectivity index (χ4v) is 2.27. The van der Waals surface area contributed by atoms with Gasteiger partial charge < -0.3 is 0 Å². The fourth-order valence-electron chi connectivity index (χ4n) is 1.15. The minimum Gasteiger partial charge on any atom is -0.276 e. The molecule has 1 heterocycles. The SMILES string of the molecule is O=S(=O)(Cl)c1n[nH]c2cc(Cl)ccc12. The van der Waals surface area contributed by atoms with Crippen LogP contribution in [0.25, 0.3) is 10.9 Å². The highest BCUT2D eigenvalue weighted by atomic mass is 35.7. The quantitative estimate of drug-likeness (QED) is 0.790. The van der Waals surface area contributed by atoms with Gasteiger partial charge in [0.1, 0.15) is 0 Å². The smallest absolute Gasteiger partial charge is 0.276 e. The maximum Gasteiger partial charge on any atom is 0.281 e. The predicted molar refractivity (Wildman–Crippen MR) is 54.1 cm³/mol. The lowest BCUT2D eigenvalue weighted by Crippen LogP contribution is -1.90. The number of hydrogen-bond acceptors (Lipinski definition) is 3. The Balaban J connectivity index is 2.83. The molecule has 1 aromatic carbocycles. The van der Waals surface area contributed by atoms with Gasteiger partial charge in [0.25, 0.3) is 9.05 Å². The molecule has 0 unspecified atom stereocenters. The molecule has 74 valence electrons. The van der Waals surface area contributed by atoms with Gasteiger partial charge in [0, 0.05) is 21.1 Å². The number of halogens is 2. The Hall–Kier alpha value is -0.780. The van der Waals surface area contributed by atoms with Crippen molar-refractivity contribution < 1.29 is 8.42 Å². The second-order valence-electron chi connectivity index (χ2n) is 2.66. The first-order valence-electron chi connectivity index (χ1n) is 3.57. The van der Waals surface area contributed by atoms with Gasteiger partial charge in [-0.3, -0.25) is 5.10 Å². The largest absolute Gasteiger partial charge is 0.281 e. The van der Waals surface area contributed by atoms with Crippen LogP contribution in [0, 0.1) is 0 Å². The molecule has 0 aliphatic heterocycles. The molecule has 2 aromatic rings. The van der Waals surface area contributed by atoms with Crippen molar-refractivity contribution in [2.45, 2.75) is 5.03 Å². The van der Waals surface area contributed by atoms with Crippen molar-refractivity contribution in [1.29, 1.82) is 0 Å². The van der Waals surface area contributed by atoms with Crippen LogP contribution in [0.5, 0.6) is 0 Å². The van der Waals surface area contributed by atoms with Gasteiger partial charge in [-0.15, -0.1) is 0 Å². The summed E-state index contributed by atoms with van der Waals surface area (Å²) in [7, 11) is 1.36. The average molecular weight is 251 g/mol. The first-order valence-corrected chi connectivity index (χ1v) is 6.25. The Labute approximate surface area is 89.2 Å². The van der Waals surface area contributed by atoms with Crippen molar-refractivity contribution >= 4 is 42.2 Å². The normalized spacial score (nSPS) is 12.1. The van der Waals surface area contributed by atoms with E-state index in [4.69, 9.17) is 22.3 Å². The van der Waals surface area contributed by atoms with E-state index >= 15 is 0 Å². The van der Waals surface area contributed by atoms with E-state index in [0.29, 0.717) is 15.9 Å². The van der Waals surface area contributed by atoms with Crippen LogP contribution in [0.3, 0.4) is 0 Å². The summed E-state index contributed by atoms with van der Waals surface area (Å²) < 4.78 is 22.1. The lowest BCUT2D eigenvalue weighted by Gasteiger charge is -1.91. The van der Waals surface area contributed by atoms with Gasteiger partial charge in [0.2, 0.25) is 0 Å². The van der Waals surface area contributed by atoms with Gasteiger partial charge in [-0.1, -0.05) is 11.6 Å². The van der Waals surface area contributed by atoms with Crippen molar-refractivity contribution in [3.05, 3.63) is 23.2 Å². The zero-order valence-corrected chi connectivity index (χ0v) is 8.99. The third-order valence-electron chi connectivity index (χ3n) is 1.72. The number of nitrogens with one attached hydrogen (secondary N) is 1. The highest BCUT2D eigenvalue weighted by Crippen LogP contribution is 2.25. The molecule has 1 aromatic heterocycles. The molecular formula is C7H4Cl2N2O2S. The molecule has 0 aliphatic rings. The Bertz CT molecular complexity index is 591. The zero-order chi connectivity index (χ0) is 10.3. The van der Waals surface area contributed by atoms with Gasteiger partial charge in [0.15, 0.2) is 5.03 Å². The second-order valence-corrected chi connectivity index (χ2v) is 5.57. The first-order chi connectivity index (χ1) is 6.48. The third kappa shape index (κ3) is 1.58. The molecule has 0 spiro atoms. The fraction of sp³-hybridized carbons (Fsp3) is 0. The third-order valence-corrected chi connectivity index (χ3v) is 3.17. The highest BCUT2D eigenvalue weighted by Gasteiger charge is 2.17. The van der Waals surface area contributed by atoms with Crippen molar-refractivity contribution in [2.75, 3.05) is 0 Å². The average Bonchev–Trinajstić information content (AvgIpc) is 2.45. The van der Waals surface area contributed by atoms with Crippen LogP contribution in [0.1, 0.15) is 0 Å². The van der Waals surface area contributed by atoms with Crippen LogP contribution >= 0.6 is 22.3 Å². The number of H-pyrrole nitrogens is 1. The molecule has 1 N–H and O–H groups in total. The summed E-state index contributed by atoms with van der Waals surface area (Å²) in [5.41, 5.74) is 0.539. The molecule has 0 radical (unpaired) electrons. The monoisotopic (exact) mass is 250 g/mol. The Morgan fingerprint density at radius 2 is 2.07 bits per heavy atom. The van der Waals surface area contributed by atoms with E-state index in [-0.39, 0.29) is 5.03 Å². The van der Waals surface area contributed by atoms with Crippen LogP contribution in [-0.4, -0.2) is 18.6 Å². The van der Waals surface area contributed by atoms with Crippen molar-refractivity contribution in [3.63, 3.8) is 0 Å². The summed E-state index contributed by atoms with van der Waals surface area (Å²) in [5.74, 6) is 0. The molecule has 0 saturated carbocycles. The molecule has 0 atom stereocenters. The molecule has 0 fully saturated rings. The van der Waals surface area contributed by atoms with E-state index in [1.54, 1.807) is 18.2 Å². The van der Waals surface area contributed by atoms with Crippen LogP contribution in [0.15, 0.2) is 23.2 Å². The van der Waals surface area contributed by atoms with Crippen molar-refractivity contribution in [3.8, 4) is 0 Å². The molecule has 7 heteroatoms. The summed E-state index contributed by atoms with van der Waals surface area (Å²) >= 11 is 5.71. The number of benzene rings is 1. The van der Waals surface area contributed by atoms with E-state index in [0.717, 1.165) is 0 Å². The summed E-state index contributed by atoms with van der Waals surface area (Å²) in [5, 5.41) is 6.90. The Morgan fingerprint density at radius 3 is 2.71 bits per heavy atom. The molecule has 0 aliphatic carbocycles. The van der Waals surface area contributed by atoms with Gasteiger partial charge in [-0.05, 0) is 18.2 Å². The van der Waals surface area contributed by atoms with E-state index in [9.17, 15) is 8.42 Å². The maximum atomic E-state index is 11.0. The predicted octanol–water partition coefficient (Wildman–Crippen LogP) is 2.14. The Morgan fingerprint density at radius 1 is 1.36 bits per heavy atom. The minimum atomic E-state index is -3.81. The number of rotatable bonds is 1. The van der Waals surface area contributed by atoms with Crippen LogP contribution in [-0.2, 0) is 9.05 Å². The number of aromatic amines is 1. The summed E-state index contributed by atoms with van der Waals surface area (Å²) in [6.07, 6.45) is 0. The lowest BCUT2D eigenvalue weighted by molar-refractivity contribution is 0.606.